The summed E-state index contributed by atoms with van der Waals surface area (Å²) in [6, 6.07) is 27.0. The molecule has 0 spiro atoms. The summed E-state index contributed by atoms with van der Waals surface area (Å²) in [5.74, 6) is 0.606. The van der Waals surface area contributed by atoms with Gasteiger partial charge in [-0.1, -0.05) is 54.6 Å². The summed E-state index contributed by atoms with van der Waals surface area (Å²) >= 11 is 0. The van der Waals surface area contributed by atoms with Crippen LogP contribution in [0.15, 0.2) is 116 Å². The van der Waals surface area contributed by atoms with Crippen molar-refractivity contribution < 1.29 is 8.83 Å². The Balaban J connectivity index is 0.000000151. The van der Waals surface area contributed by atoms with Crippen LogP contribution in [0.2, 0.25) is 0 Å². The van der Waals surface area contributed by atoms with Gasteiger partial charge in [0.15, 0.2) is 10.9 Å². The van der Waals surface area contributed by atoms with Gasteiger partial charge in [0.1, 0.15) is 16.9 Å². The van der Waals surface area contributed by atoms with E-state index >= 15 is 0 Å². The summed E-state index contributed by atoms with van der Waals surface area (Å²) in [6.45, 7) is 0. The number of hydrogen-bond donors (Lipinski definition) is 0. The highest BCUT2D eigenvalue weighted by molar-refractivity contribution is 5.78. The average molecular weight is 368 g/mol. The van der Waals surface area contributed by atoms with E-state index in [9.17, 15) is 9.59 Å². The van der Waals surface area contributed by atoms with E-state index in [2.05, 4.69) is 0 Å². The van der Waals surface area contributed by atoms with E-state index in [0.717, 1.165) is 5.56 Å². The van der Waals surface area contributed by atoms with Crippen molar-refractivity contribution in [3.8, 4) is 11.3 Å². The van der Waals surface area contributed by atoms with Crippen LogP contribution in [-0.2, 0) is 0 Å². The van der Waals surface area contributed by atoms with Crippen LogP contribution in [0.3, 0.4) is 0 Å². The average Bonchev–Trinajstić information content (AvgIpc) is 2.75. The van der Waals surface area contributed by atoms with Gasteiger partial charge < -0.3 is 8.83 Å². The number of rotatable bonds is 1. The second-order valence-electron chi connectivity index (χ2n) is 6.12. The summed E-state index contributed by atoms with van der Waals surface area (Å²) in [4.78, 5) is 23.0. The fourth-order valence-corrected chi connectivity index (χ4v) is 2.88. The molecule has 0 aliphatic heterocycles. The zero-order chi connectivity index (χ0) is 19.3. The van der Waals surface area contributed by atoms with E-state index in [1.54, 1.807) is 18.2 Å². The molecular weight excluding hydrogens is 352 g/mol. The van der Waals surface area contributed by atoms with Gasteiger partial charge in [0.2, 0.25) is 0 Å². The van der Waals surface area contributed by atoms with Gasteiger partial charge in [0.05, 0.1) is 17.0 Å². The monoisotopic (exact) mass is 368 g/mol. The molecule has 5 aromatic rings. The van der Waals surface area contributed by atoms with E-state index < -0.39 is 0 Å². The Bertz CT molecular complexity index is 1340. The Kier molecular flexibility index (Phi) is 4.85. The molecule has 0 N–H and O–H groups in total. The Morgan fingerprint density at radius 2 is 1.18 bits per heavy atom. The van der Waals surface area contributed by atoms with Gasteiger partial charge >= 0.3 is 0 Å². The molecule has 28 heavy (non-hydrogen) atoms. The molecule has 4 heteroatoms. The van der Waals surface area contributed by atoms with Gasteiger partial charge in [-0.2, -0.15) is 0 Å². The van der Waals surface area contributed by atoms with Crippen LogP contribution in [0.4, 0.5) is 0 Å². The van der Waals surface area contributed by atoms with Crippen molar-refractivity contribution in [2.45, 2.75) is 0 Å². The predicted molar refractivity (Wildman–Crippen MR) is 110 cm³/mol. The highest BCUT2D eigenvalue weighted by Crippen LogP contribution is 2.21. The topological polar surface area (TPSA) is 60.4 Å². The second kappa shape index (κ2) is 7.76. The van der Waals surface area contributed by atoms with Crippen molar-refractivity contribution in [3.05, 3.63) is 118 Å². The van der Waals surface area contributed by atoms with Gasteiger partial charge in [0.25, 0.3) is 0 Å². The van der Waals surface area contributed by atoms with E-state index in [1.165, 1.54) is 18.4 Å². The fraction of sp³-hybridized carbons (Fsp3) is 0. The molecule has 0 bridgehead atoms. The molecule has 0 saturated carbocycles. The molecule has 2 heterocycles. The molecule has 136 valence electrons. The zero-order valence-electron chi connectivity index (χ0n) is 14.9. The molecule has 2 aromatic heterocycles. The van der Waals surface area contributed by atoms with Crippen LogP contribution >= 0.6 is 0 Å². The zero-order valence-corrected chi connectivity index (χ0v) is 14.9. The third-order valence-electron chi connectivity index (χ3n) is 4.26. The maximum atomic E-state index is 11.9. The van der Waals surface area contributed by atoms with E-state index in [4.69, 9.17) is 8.83 Å². The molecule has 0 atom stereocenters. The van der Waals surface area contributed by atoms with Crippen molar-refractivity contribution in [2.75, 3.05) is 0 Å². The molecule has 0 aliphatic rings. The highest BCUT2D eigenvalue weighted by Gasteiger charge is 2.05. The minimum Gasteiger partial charge on any atom is -0.464 e. The third kappa shape index (κ3) is 3.62. The lowest BCUT2D eigenvalue weighted by Crippen LogP contribution is -1.99. The normalized spacial score (nSPS) is 10.4. The molecule has 3 aromatic carbocycles. The van der Waals surface area contributed by atoms with Gasteiger partial charge in [-0.3, -0.25) is 9.59 Å². The first-order chi connectivity index (χ1) is 13.7. The smallest absolute Gasteiger partial charge is 0.193 e. The lowest BCUT2D eigenvalue weighted by atomic mass is 10.1. The molecule has 4 nitrogen and oxygen atoms in total. The fourth-order valence-electron chi connectivity index (χ4n) is 2.88. The minimum atomic E-state index is -0.00861. The van der Waals surface area contributed by atoms with Crippen LogP contribution < -0.4 is 10.9 Å². The number of benzene rings is 3. The van der Waals surface area contributed by atoms with Gasteiger partial charge in [-0.05, 0) is 24.3 Å². The van der Waals surface area contributed by atoms with Gasteiger partial charge in [-0.15, -0.1) is 0 Å². The van der Waals surface area contributed by atoms with Gasteiger partial charge in [-0.25, -0.2) is 0 Å². The second-order valence-corrected chi connectivity index (χ2v) is 6.12. The Hall–Kier alpha value is -3.92. The quantitative estimate of drug-likeness (QED) is 0.405. The van der Waals surface area contributed by atoms with E-state index in [1.807, 2.05) is 60.7 Å². The number of fused-ring (bicyclic) bond motifs is 2. The molecule has 0 amide bonds. The Labute approximate surface area is 160 Å². The first-order valence-electron chi connectivity index (χ1n) is 8.77. The summed E-state index contributed by atoms with van der Waals surface area (Å²) < 4.78 is 10.8. The van der Waals surface area contributed by atoms with E-state index in [0.29, 0.717) is 27.7 Å². The number of hydrogen-bond acceptors (Lipinski definition) is 4. The summed E-state index contributed by atoms with van der Waals surface area (Å²) in [5, 5.41) is 1.25. The van der Waals surface area contributed by atoms with Crippen LogP contribution in [0.25, 0.3) is 33.3 Å². The molecule has 5 rings (SSSR count). The maximum Gasteiger partial charge on any atom is 0.193 e. The standard InChI is InChI=1S/C15H10O2.C9H6O2/c16-13-10-15(11-6-2-1-3-7-11)17-14-9-5-4-8-12(13)14;10-8-5-6-11-9-4-2-1-3-7(8)9/h1-10H;1-6H. The molecule has 0 aliphatic carbocycles. The maximum absolute atomic E-state index is 11.9. The molecular formula is C24H16O4. The minimum absolute atomic E-state index is 0.00634. The molecule has 0 radical (unpaired) electrons. The van der Waals surface area contributed by atoms with Crippen LogP contribution in [0.5, 0.6) is 0 Å². The third-order valence-corrected chi connectivity index (χ3v) is 4.26. The largest absolute Gasteiger partial charge is 0.464 e. The van der Waals surface area contributed by atoms with Crippen LogP contribution in [0.1, 0.15) is 0 Å². The van der Waals surface area contributed by atoms with Gasteiger partial charge in [0, 0.05) is 17.7 Å². The van der Waals surface area contributed by atoms with Crippen molar-refractivity contribution in [2.24, 2.45) is 0 Å². The van der Waals surface area contributed by atoms with Crippen molar-refractivity contribution >= 4 is 21.9 Å². The van der Waals surface area contributed by atoms with Crippen LogP contribution in [-0.4, -0.2) is 0 Å². The first-order valence-corrected chi connectivity index (χ1v) is 8.77. The summed E-state index contributed by atoms with van der Waals surface area (Å²) in [6.07, 6.45) is 1.41. The van der Waals surface area contributed by atoms with Crippen molar-refractivity contribution in [1.82, 2.24) is 0 Å². The van der Waals surface area contributed by atoms with E-state index in [-0.39, 0.29) is 10.9 Å². The Morgan fingerprint density at radius 1 is 0.571 bits per heavy atom. The highest BCUT2D eigenvalue weighted by atomic mass is 16.3. The molecule has 0 saturated heterocycles. The molecule has 0 unspecified atom stereocenters. The van der Waals surface area contributed by atoms with Crippen LogP contribution in [0, 0.1) is 0 Å². The summed E-state index contributed by atoms with van der Waals surface area (Å²) in [5.41, 5.74) is 2.17. The first kappa shape index (κ1) is 17.5. The SMILES string of the molecule is O=c1cc(-c2ccccc2)oc2ccccc12.O=c1ccoc2ccccc12. The number of para-hydroxylation sites is 2. The van der Waals surface area contributed by atoms with Crippen molar-refractivity contribution in [3.63, 3.8) is 0 Å². The summed E-state index contributed by atoms with van der Waals surface area (Å²) in [7, 11) is 0. The Morgan fingerprint density at radius 3 is 1.89 bits per heavy atom. The van der Waals surface area contributed by atoms with Crippen molar-refractivity contribution in [1.29, 1.82) is 0 Å². The lowest BCUT2D eigenvalue weighted by Gasteiger charge is -2.02. The lowest BCUT2D eigenvalue weighted by molar-refractivity contribution is 0.602. The predicted octanol–water partition coefficient (Wildman–Crippen LogP) is 5.25. The molecule has 0 fully saturated rings.